The summed E-state index contributed by atoms with van der Waals surface area (Å²) in [6.45, 7) is 0.0626. The Balaban J connectivity index is 0. The summed E-state index contributed by atoms with van der Waals surface area (Å²) in [5.74, 6) is -0.819. The van der Waals surface area contributed by atoms with E-state index in [0.29, 0.717) is 19.3 Å². The number of carboxylic acid groups (broad SMARTS) is 1. The molecule has 5 heteroatoms. The molecule has 12 heavy (non-hydrogen) atoms. The Hall–Kier alpha value is -0.610. The van der Waals surface area contributed by atoms with Gasteiger partial charge >= 0.3 is 5.97 Å². The van der Waals surface area contributed by atoms with Crippen molar-refractivity contribution in [2.45, 2.75) is 25.7 Å². The zero-order valence-electron chi connectivity index (χ0n) is 6.78. The molecule has 4 nitrogen and oxygen atoms in total. The number of rotatable bonds is 6. The highest BCUT2D eigenvalue weighted by Crippen LogP contribution is 1.99. The van der Waals surface area contributed by atoms with Crippen LogP contribution in [0, 0.1) is 0 Å². The van der Waals surface area contributed by atoms with Crippen molar-refractivity contribution in [1.29, 1.82) is 0 Å². The second-order valence-corrected chi connectivity index (χ2v) is 2.34. The number of carbonyl (C=O) groups excluding carboxylic acids is 1. The van der Waals surface area contributed by atoms with Gasteiger partial charge < -0.3 is 10.8 Å². The summed E-state index contributed by atoms with van der Waals surface area (Å²) in [5.41, 5.74) is 5.05. The highest BCUT2D eigenvalue weighted by molar-refractivity contribution is 5.85. The summed E-state index contributed by atoms with van der Waals surface area (Å²) in [6, 6.07) is 0. The van der Waals surface area contributed by atoms with Crippen LogP contribution in [0.4, 0.5) is 0 Å². The van der Waals surface area contributed by atoms with Gasteiger partial charge in [0.05, 0.1) is 6.54 Å². The van der Waals surface area contributed by atoms with E-state index in [2.05, 4.69) is 0 Å². The summed E-state index contributed by atoms with van der Waals surface area (Å²) in [6.07, 6.45) is 1.73. The number of ketones is 1. The van der Waals surface area contributed by atoms with E-state index in [1.54, 1.807) is 0 Å². The van der Waals surface area contributed by atoms with Crippen LogP contribution in [-0.2, 0) is 9.59 Å². The van der Waals surface area contributed by atoms with Gasteiger partial charge in [-0.25, -0.2) is 0 Å². The Kier molecular flexibility index (Phi) is 9.86. The minimum Gasteiger partial charge on any atom is -0.481 e. The molecule has 0 atom stereocenters. The van der Waals surface area contributed by atoms with E-state index in [4.69, 9.17) is 10.8 Å². The fraction of sp³-hybridized carbons (Fsp3) is 0.714. The summed E-state index contributed by atoms with van der Waals surface area (Å²) in [4.78, 5) is 20.6. The molecule has 0 bridgehead atoms. The number of hydrogen-bond donors (Lipinski definition) is 2. The molecule has 0 saturated heterocycles. The second-order valence-electron chi connectivity index (χ2n) is 2.34. The van der Waals surface area contributed by atoms with Crippen LogP contribution >= 0.6 is 12.4 Å². The fourth-order valence-electron chi connectivity index (χ4n) is 0.700. The van der Waals surface area contributed by atoms with Crippen molar-refractivity contribution in [2.24, 2.45) is 5.73 Å². The lowest BCUT2D eigenvalue weighted by molar-refractivity contribution is -0.137. The van der Waals surface area contributed by atoms with Crippen LogP contribution in [0.3, 0.4) is 0 Å². The largest absolute Gasteiger partial charge is 0.481 e. The maximum atomic E-state index is 10.6. The maximum Gasteiger partial charge on any atom is 0.303 e. The molecule has 3 N–H and O–H groups in total. The molecule has 0 saturated carbocycles. The molecule has 0 unspecified atom stereocenters. The van der Waals surface area contributed by atoms with E-state index in [1.807, 2.05) is 0 Å². The van der Waals surface area contributed by atoms with Crippen molar-refractivity contribution in [3.8, 4) is 0 Å². The number of unbranched alkanes of at least 4 members (excludes halogenated alkanes) is 1. The van der Waals surface area contributed by atoms with Crippen LogP contribution in [0.5, 0.6) is 0 Å². The van der Waals surface area contributed by atoms with Gasteiger partial charge in [0.25, 0.3) is 0 Å². The third kappa shape index (κ3) is 9.39. The third-order valence-electron chi connectivity index (χ3n) is 1.32. The van der Waals surface area contributed by atoms with Crippen molar-refractivity contribution in [1.82, 2.24) is 0 Å². The van der Waals surface area contributed by atoms with Crippen LogP contribution < -0.4 is 5.73 Å². The first kappa shape index (κ1) is 13.9. The second kappa shape index (κ2) is 8.49. The number of hydrogen-bond acceptors (Lipinski definition) is 3. The highest BCUT2D eigenvalue weighted by Gasteiger charge is 2.00. The summed E-state index contributed by atoms with van der Waals surface area (Å²) in [5, 5.41) is 8.23. The molecule has 72 valence electrons. The Bertz CT molecular complexity index is 150. The van der Waals surface area contributed by atoms with Gasteiger partial charge in [0.1, 0.15) is 5.78 Å². The van der Waals surface area contributed by atoms with Crippen molar-refractivity contribution in [3.05, 3.63) is 0 Å². The first-order chi connectivity index (χ1) is 5.16. The molecule has 0 aliphatic carbocycles. The van der Waals surface area contributed by atoms with E-state index in [0.717, 1.165) is 0 Å². The number of Topliss-reactive ketones (excluding diaryl/α,β-unsaturated/α-hetero) is 1. The molecule has 0 aromatic rings. The smallest absolute Gasteiger partial charge is 0.303 e. The van der Waals surface area contributed by atoms with Crippen molar-refractivity contribution < 1.29 is 14.7 Å². The highest BCUT2D eigenvalue weighted by atomic mass is 35.5. The predicted octanol–water partition coefficient (Wildman–Crippen LogP) is 0.581. The van der Waals surface area contributed by atoms with Crippen molar-refractivity contribution in [2.75, 3.05) is 6.54 Å². The summed E-state index contributed by atoms with van der Waals surface area (Å²) in [7, 11) is 0. The average Bonchev–Trinajstić information content (AvgIpc) is 1.97. The molecule has 0 aromatic carbocycles. The van der Waals surface area contributed by atoms with Crippen LogP contribution in [0.2, 0.25) is 0 Å². The predicted molar refractivity (Wildman–Crippen MR) is 47.4 cm³/mol. The van der Waals surface area contributed by atoms with Gasteiger partial charge in [-0.2, -0.15) is 0 Å². The van der Waals surface area contributed by atoms with Crippen LogP contribution in [0.1, 0.15) is 25.7 Å². The molecular formula is C7H14ClNO3. The Morgan fingerprint density at radius 1 is 1.17 bits per heavy atom. The van der Waals surface area contributed by atoms with E-state index >= 15 is 0 Å². The molecule has 0 aliphatic heterocycles. The minimum absolute atomic E-state index is 0. The Morgan fingerprint density at radius 3 is 2.08 bits per heavy atom. The lowest BCUT2D eigenvalue weighted by Crippen LogP contribution is -2.12. The molecule has 0 spiro atoms. The van der Waals surface area contributed by atoms with E-state index in [1.165, 1.54) is 0 Å². The van der Waals surface area contributed by atoms with E-state index in [9.17, 15) is 9.59 Å². The molecule has 0 amide bonds. The van der Waals surface area contributed by atoms with Crippen molar-refractivity contribution in [3.63, 3.8) is 0 Å². The van der Waals surface area contributed by atoms with Crippen LogP contribution in [0.15, 0.2) is 0 Å². The fourth-order valence-corrected chi connectivity index (χ4v) is 0.700. The van der Waals surface area contributed by atoms with Crippen LogP contribution in [-0.4, -0.2) is 23.4 Å². The van der Waals surface area contributed by atoms with Crippen LogP contribution in [0.25, 0.3) is 0 Å². The topological polar surface area (TPSA) is 80.4 Å². The first-order valence-electron chi connectivity index (χ1n) is 3.60. The van der Waals surface area contributed by atoms with E-state index < -0.39 is 5.97 Å². The summed E-state index contributed by atoms with van der Waals surface area (Å²) < 4.78 is 0. The number of halogens is 1. The van der Waals surface area contributed by atoms with Gasteiger partial charge in [-0.15, -0.1) is 12.4 Å². The molecule has 0 radical (unpaired) electrons. The molecule has 0 rings (SSSR count). The van der Waals surface area contributed by atoms with Gasteiger partial charge in [0, 0.05) is 12.8 Å². The molecular weight excluding hydrogens is 182 g/mol. The molecule has 0 heterocycles. The number of aliphatic carboxylic acids is 1. The first-order valence-corrected chi connectivity index (χ1v) is 3.60. The minimum atomic E-state index is -0.815. The standard InChI is InChI=1S/C7H13NO3.ClH/c8-5-6(9)3-1-2-4-7(10)11;/h1-5,8H2,(H,10,11);1H. The zero-order chi connectivity index (χ0) is 8.69. The average molecular weight is 196 g/mol. The third-order valence-corrected chi connectivity index (χ3v) is 1.32. The SMILES string of the molecule is Cl.NCC(=O)CCCCC(=O)O. The Labute approximate surface area is 77.5 Å². The zero-order valence-corrected chi connectivity index (χ0v) is 7.60. The molecule has 0 fully saturated rings. The van der Waals surface area contributed by atoms with E-state index in [-0.39, 0.29) is 31.2 Å². The number of carbonyl (C=O) groups is 2. The van der Waals surface area contributed by atoms with Gasteiger partial charge in [0.2, 0.25) is 0 Å². The monoisotopic (exact) mass is 195 g/mol. The molecule has 0 aromatic heterocycles. The van der Waals surface area contributed by atoms with Gasteiger partial charge in [0.15, 0.2) is 0 Å². The normalized spacial score (nSPS) is 8.75. The quantitative estimate of drug-likeness (QED) is 0.608. The van der Waals surface area contributed by atoms with Gasteiger partial charge in [-0.05, 0) is 12.8 Å². The van der Waals surface area contributed by atoms with Crippen molar-refractivity contribution >= 4 is 24.2 Å². The maximum absolute atomic E-state index is 10.6. The molecule has 0 aliphatic rings. The Morgan fingerprint density at radius 2 is 1.67 bits per heavy atom. The summed E-state index contributed by atoms with van der Waals surface area (Å²) >= 11 is 0. The van der Waals surface area contributed by atoms with Gasteiger partial charge in [-0.1, -0.05) is 0 Å². The van der Waals surface area contributed by atoms with Gasteiger partial charge in [-0.3, -0.25) is 9.59 Å². The number of nitrogens with two attached hydrogens (primary N) is 1. The lowest BCUT2D eigenvalue weighted by atomic mass is 10.1. The number of carboxylic acids is 1. The lowest BCUT2D eigenvalue weighted by Gasteiger charge is -1.95.